The molecule has 2 fully saturated rings. The molecule has 1 unspecified atom stereocenters. The van der Waals surface area contributed by atoms with Crippen molar-refractivity contribution in [3.05, 3.63) is 0 Å². The van der Waals surface area contributed by atoms with Gasteiger partial charge in [-0.3, -0.25) is 15.0 Å². The lowest BCUT2D eigenvalue weighted by Crippen LogP contribution is -2.47. The molecule has 6 nitrogen and oxygen atoms in total. The average molecular weight is 282 g/mol. The Labute approximate surface area is 120 Å². The highest BCUT2D eigenvalue weighted by Crippen LogP contribution is 2.17. The average Bonchev–Trinajstić information content (AvgIpc) is 2.87. The Morgan fingerprint density at radius 1 is 1.15 bits per heavy atom. The van der Waals surface area contributed by atoms with Gasteiger partial charge in [-0.05, 0) is 38.3 Å². The first-order valence-corrected chi connectivity index (χ1v) is 7.70. The summed E-state index contributed by atoms with van der Waals surface area (Å²) in [7, 11) is 0. The van der Waals surface area contributed by atoms with Crippen molar-refractivity contribution in [1.29, 1.82) is 0 Å². The van der Waals surface area contributed by atoms with Crippen molar-refractivity contribution in [1.82, 2.24) is 15.5 Å². The normalized spacial score (nSPS) is 24.6. The molecule has 1 heterocycles. The Morgan fingerprint density at radius 3 is 2.55 bits per heavy atom. The molecule has 114 valence electrons. The van der Waals surface area contributed by atoms with Gasteiger partial charge in [0.2, 0.25) is 5.91 Å². The third-order valence-electron chi connectivity index (χ3n) is 4.26. The van der Waals surface area contributed by atoms with Crippen LogP contribution in [0.3, 0.4) is 0 Å². The first kappa shape index (κ1) is 15.3. The summed E-state index contributed by atoms with van der Waals surface area (Å²) >= 11 is 0. The summed E-state index contributed by atoms with van der Waals surface area (Å²) in [5.74, 6) is 0.259. The van der Waals surface area contributed by atoms with Crippen LogP contribution < -0.4 is 16.4 Å². The van der Waals surface area contributed by atoms with Crippen LogP contribution in [-0.2, 0) is 4.79 Å². The summed E-state index contributed by atoms with van der Waals surface area (Å²) < 4.78 is 0. The van der Waals surface area contributed by atoms with Crippen LogP contribution in [0.1, 0.15) is 38.5 Å². The van der Waals surface area contributed by atoms with E-state index < -0.39 is 0 Å². The highest BCUT2D eigenvalue weighted by molar-refractivity contribution is 5.95. The summed E-state index contributed by atoms with van der Waals surface area (Å²) in [6.07, 6.45) is 6.65. The molecule has 0 aromatic rings. The smallest absolute Gasteiger partial charge is 0.321 e. The number of urea groups is 1. The predicted molar refractivity (Wildman–Crippen MR) is 77.1 cm³/mol. The Balaban J connectivity index is 1.64. The van der Waals surface area contributed by atoms with E-state index in [-0.39, 0.29) is 24.5 Å². The van der Waals surface area contributed by atoms with Crippen LogP contribution in [0.25, 0.3) is 0 Å². The van der Waals surface area contributed by atoms with E-state index in [2.05, 4.69) is 15.5 Å². The highest BCUT2D eigenvalue weighted by Gasteiger charge is 2.24. The van der Waals surface area contributed by atoms with E-state index in [0.717, 1.165) is 45.2 Å². The molecule has 3 amide bonds. The quantitative estimate of drug-likeness (QED) is 0.697. The van der Waals surface area contributed by atoms with E-state index >= 15 is 0 Å². The zero-order valence-corrected chi connectivity index (χ0v) is 12.1. The number of imide groups is 1. The number of nitrogens with zero attached hydrogens (tertiary/aromatic N) is 1. The lowest BCUT2D eigenvalue weighted by atomic mass is 9.96. The van der Waals surface area contributed by atoms with Gasteiger partial charge < -0.3 is 11.1 Å². The zero-order valence-electron chi connectivity index (χ0n) is 12.1. The van der Waals surface area contributed by atoms with Gasteiger partial charge in [-0.25, -0.2) is 4.79 Å². The van der Waals surface area contributed by atoms with E-state index in [4.69, 9.17) is 5.73 Å². The number of rotatable bonds is 4. The van der Waals surface area contributed by atoms with Crippen LogP contribution >= 0.6 is 0 Å². The molecule has 20 heavy (non-hydrogen) atoms. The SMILES string of the molecule is NCC1CCN(CC(=O)NC(=O)NC2CCCCC2)C1. The maximum absolute atomic E-state index is 11.8. The van der Waals surface area contributed by atoms with E-state index in [0.29, 0.717) is 12.5 Å². The molecule has 1 atom stereocenters. The molecule has 0 aromatic carbocycles. The van der Waals surface area contributed by atoms with Gasteiger partial charge in [0.25, 0.3) is 0 Å². The van der Waals surface area contributed by atoms with Crippen molar-refractivity contribution >= 4 is 11.9 Å². The molecule has 6 heteroatoms. The van der Waals surface area contributed by atoms with Gasteiger partial charge in [0.15, 0.2) is 0 Å². The summed E-state index contributed by atoms with van der Waals surface area (Å²) in [6.45, 7) is 2.70. The second-order valence-electron chi connectivity index (χ2n) is 5.98. The van der Waals surface area contributed by atoms with Crippen molar-refractivity contribution < 1.29 is 9.59 Å². The van der Waals surface area contributed by atoms with Crippen LogP contribution in [0, 0.1) is 5.92 Å². The second-order valence-corrected chi connectivity index (χ2v) is 5.98. The fraction of sp³-hybridized carbons (Fsp3) is 0.857. The Bertz CT molecular complexity index is 342. The first-order valence-electron chi connectivity index (χ1n) is 7.70. The number of likely N-dealkylation sites (tertiary alicyclic amines) is 1. The van der Waals surface area contributed by atoms with Crippen molar-refractivity contribution in [2.24, 2.45) is 11.7 Å². The van der Waals surface area contributed by atoms with Crippen LogP contribution in [0.5, 0.6) is 0 Å². The minimum absolute atomic E-state index is 0.226. The van der Waals surface area contributed by atoms with Crippen molar-refractivity contribution in [2.45, 2.75) is 44.6 Å². The van der Waals surface area contributed by atoms with Crippen LogP contribution in [-0.4, -0.2) is 49.1 Å². The van der Waals surface area contributed by atoms with Crippen molar-refractivity contribution in [3.8, 4) is 0 Å². The fourth-order valence-corrected chi connectivity index (χ4v) is 3.09. The molecule has 1 aliphatic carbocycles. The molecule has 1 saturated carbocycles. The van der Waals surface area contributed by atoms with Crippen LogP contribution in [0.2, 0.25) is 0 Å². The predicted octanol–water partition coefficient (Wildman–Crippen LogP) is 0.426. The molecule has 4 N–H and O–H groups in total. The van der Waals surface area contributed by atoms with Crippen LogP contribution in [0.4, 0.5) is 4.79 Å². The first-order chi connectivity index (χ1) is 9.67. The molecule has 1 aliphatic heterocycles. The number of hydrogen-bond donors (Lipinski definition) is 3. The number of hydrogen-bond acceptors (Lipinski definition) is 4. The Kier molecular flexibility index (Phi) is 5.79. The molecular formula is C14H26N4O2. The minimum Gasteiger partial charge on any atom is -0.335 e. The molecule has 2 aliphatic rings. The summed E-state index contributed by atoms with van der Waals surface area (Å²) in [6, 6.07) is -0.124. The summed E-state index contributed by atoms with van der Waals surface area (Å²) in [5.41, 5.74) is 5.62. The van der Waals surface area contributed by atoms with Gasteiger partial charge >= 0.3 is 6.03 Å². The van der Waals surface area contributed by atoms with Gasteiger partial charge in [0.05, 0.1) is 6.54 Å². The number of nitrogens with one attached hydrogen (secondary N) is 2. The third kappa shape index (κ3) is 4.76. The molecular weight excluding hydrogens is 256 g/mol. The maximum Gasteiger partial charge on any atom is 0.321 e. The monoisotopic (exact) mass is 282 g/mol. The van der Waals surface area contributed by atoms with Gasteiger partial charge in [-0.15, -0.1) is 0 Å². The van der Waals surface area contributed by atoms with Gasteiger partial charge in [-0.1, -0.05) is 19.3 Å². The number of carbonyl (C=O) groups is 2. The van der Waals surface area contributed by atoms with Crippen LogP contribution in [0.15, 0.2) is 0 Å². The standard InChI is InChI=1S/C14H26N4O2/c15-8-11-6-7-18(9-11)10-13(19)17-14(20)16-12-4-2-1-3-5-12/h11-12H,1-10,15H2,(H2,16,17,19,20). The third-order valence-corrected chi connectivity index (χ3v) is 4.26. The highest BCUT2D eigenvalue weighted by atomic mass is 16.2. The van der Waals surface area contributed by atoms with Gasteiger partial charge in [0.1, 0.15) is 0 Å². The fourth-order valence-electron chi connectivity index (χ4n) is 3.09. The molecule has 1 saturated heterocycles. The zero-order chi connectivity index (χ0) is 14.4. The minimum atomic E-state index is -0.350. The molecule has 0 radical (unpaired) electrons. The van der Waals surface area contributed by atoms with E-state index in [9.17, 15) is 9.59 Å². The molecule has 2 rings (SSSR count). The van der Waals surface area contributed by atoms with Crippen molar-refractivity contribution in [2.75, 3.05) is 26.2 Å². The number of nitrogens with two attached hydrogens (primary N) is 1. The number of carbonyl (C=O) groups excluding carboxylic acids is 2. The topological polar surface area (TPSA) is 87.5 Å². The molecule has 0 spiro atoms. The Morgan fingerprint density at radius 2 is 1.90 bits per heavy atom. The lowest BCUT2D eigenvalue weighted by Gasteiger charge is -2.23. The van der Waals surface area contributed by atoms with E-state index in [1.807, 2.05) is 0 Å². The number of amides is 3. The van der Waals surface area contributed by atoms with Gasteiger partial charge in [0, 0.05) is 12.6 Å². The Hall–Kier alpha value is -1.14. The molecule has 0 aromatic heterocycles. The maximum atomic E-state index is 11.8. The van der Waals surface area contributed by atoms with Gasteiger partial charge in [-0.2, -0.15) is 0 Å². The molecule has 0 bridgehead atoms. The lowest BCUT2D eigenvalue weighted by molar-refractivity contribution is -0.120. The summed E-state index contributed by atoms with van der Waals surface area (Å²) in [4.78, 5) is 25.6. The largest absolute Gasteiger partial charge is 0.335 e. The van der Waals surface area contributed by atoms with Crippen molar-refractivity contribution in [3.63, 3.8) is 0 Å². The summed E-state index contributed by atoms with van der Waals surface area (Å²) in [5, 5.41) is 5.31. The van der Waals surface area contributed by atoms with E-state index in [1.54, 1.807) is 0 Å². The van der Waals surface area contributed by atoms with E-state index in [1.165, 1.54) is 6.42 Å². The second kappa shape index (κ2) is 7.59.